The van der Waals surface area contributed by atoms with Gasteiger partial charge in [0.05, 0.1) is 0 Å². The number of carbonyl (C=O) groups is 2. The van der Waals surface area contributed by atoms with Crippen molar-refractivity contribution in [3.8, 4) is 11.4 Å². The Morgan fingerprint density at radius 1 is 1.04 bits per heavy atom. The summed E-state index contributed by atoms with van der Waals surface area (Å²) in [6.45, 7) is 5.74. The number of nitrogens with zero attached hydrogens (tertiary/aromatic N) is 4. The third-order valence-electron chi connectivity index (χ3n) is 4.36. The van der Waals surface area contributed by atoms with E-state index in [0.29, 0.717) is 17.1 Å². The second-order valence-corrected chi connectivity index (χ2v) is 6.84. The number of hydrogen-bond acceptors (Lipinski definition) is 5. The third kappa shape index (κ3) is 4.68. The number of aromatic nitrogens is 4. The number of rotatable bonds is 7. The third-order valence-corrected chi connectivity index (χ3v) is 4.36. The molecule has 1 heterocycles. The van der Waals surface area contributed by atoms with E-state index in [0.717, 1.165) is 12.0 Å². The van der Waals surface area contributed by atoms with Crippen LogP contribution >= 0.6 is 0 Å². The zero-order chi connectivity index (χ0) is 20.1. The monoisotopic (exact) mass is 377 g/mol. The molecule has 0 spiro atoms. The maximum absolute atomic E-state index is 12.5. The van der Waals surface area contributed by atoms with E-state index in [1.54, 1.807) is 24.3 Å². The molecule has 144 valence electrons. The number of carbonyl (C=O) groups excluding carboxylic acids is 2. The summed E-state index contributed by atoms with van der Waals surface area (Å²) >= 11 is 0. The van der Waals surface area contributed by atoms with Gasteiger partial charge in [-0.25, -0.2) is 0 Å². The Morgan fingerprint density at radius 2 is 1.71 bits per heavy atom. The van der Waals surface area contributed by atoms with Gasteiger partial charge < -0.3 is 5.32 Å². The summed E-state index contributed by atoms with van der Waals surface area (Å²) in [5, 5.41) is 15.1. The molecule has 2 aromatic carbocycles. The Kier molecular flexibility index (Phi) is 5.93. The van der Waals surface area contributed by atoms with Crippen LogP contribution in [0.1, 0.15) is 36.7 Å². The Balaban J connectivity index is 1.64. The van der Waals surface area contributed by atoms with Gasteiger partial charge in [0.25, 0.3) is 0 Å². The number of tetrazole rings is 1. The van der Waals surface area contributed by atoms with Gasteiger partial charge in [-0.3, -0.25) is 9.59 Å². The molecule has 1 amide bonds. The van der Waals surface area contributed by atoms with Crippen LogP contribution in [0.2, 0.25) is 0 Å². The SMILES string of the molecule is CCc1ccc(-c2nnn(CC(=O)c3ccc(NC(=O)C(C)C)cc3)n2)cc1. The van der Waals surface area contributed by atoms with Crippen molar-refractivity contribution >= 4 is 17.4 Å². The molecule has 0 saturated carbocycles. The predicted octanol–water partition coefficient (Wildman–Crippen LogP) is 3.38. The highest BCUT2D eigenvalue weighted by Gasteiger charge is 2.12. The first kappa shape index (κ1) is 19.4. The summed E-state index contributed by atoms with van der Waals surface area (Å²) in [5.74, 6) is 0.187. The minimum atomic E-state index is -0.132. The molecule has 7 nitrogen and oxygen atoms in total. The van der Waals surface area contributed by atoms with Crippen LogP contribution < -0.4 is 5.32 Å². The first-order valence-corrected chi connectivity index (χ1v) is 9.27. The van der Waals surface area contributed by atoms with E-state index in [2.05, 4.69) is 27.7 Å². The van der Waals surface area contributed by atoms with E-state index in [1.165, 1.54) is 10.4 Å². The van der Waals surface area contributed by atoms with Crippen molar-refractivity contribution < 1.29 is 9.59 Å². The van der Waals surface area contributed by atoms with E-state index in [1.807, 2.05) is 38.1 Å². The molecule has 0 aliphatic carbocycles. The lowest BCUT2D eigenvalue weighted by Crippen LogP contribution is -2.18. The Bertz CT molecular complexity index is 959. The standard InChI is InChI=1S/C21H23N5O2/c1-4-15-5-7-17(8-6-15)20-23-25-26(24-20)13-19(27)16-9-11-18(12-10-16)22-21(28)14(2)3/h5-12,14H,4,13H2,1-3H3,(H,22,28). The number of amides is 1. The second kappa shape index (κ2) is 8.56. The Hall–Kier alpha value is -3.35. The van der Waals surface area contributed by atoms with Crippen molar-refractivity contribution in [3.63, 3.8) is 0 Å². The molecule has 1 aromatic heterocycles. The molecule has 0 radical (unpaired) electrons. The normalized spacial score (nSPS) is 10.9. The first-order chi connectivity index (χ1) is 13.5. The van der Waals surface area contributed by atoms with E-state index < -0.39 is 0 Å². The van der Waals surface area contributed by atoms with Gasteiger partial charge in [0.1, 0.15) is 6.54 Å². The van der Waals surface area contributed by atoms with Crippen LogP contribution in [0.3, 0.4) is 0 Å². The molecule has 0 unspecified atom stereocenters. The van der Waals surface area contributed by atoms with Gasteiger partial charge in [-0.05, 0) is 41.5 Å². The first-order valence-electron chi connectivity index (χ1n) is 9.27. The van der Waals surface area contributed by atoms with Crippen LogP contribution in [0, 0.1) is 5.92 Å². The quantitative estimate of drug-likeness (QED) is 0.638. The topological polar surface area (TPSA) is 89.8 Å². The second-order valence-electron chi connectivity index (χ2n) is 6.84. The van der Waals surface area contributed by atoms with Gasteiger partial charge >= 0.3 is 0 Å². The van der Waals surface area contributed by atoms with E-state index in [-0.39, 0.29) is 24.2 Å². The van der Waals surface area contributed by atoms with E-state index in [9.17, 15) is 9.59 Å². The summed E-state index contributed by atoms with van der Waals surface area (Å²) < 4.78 is 0. The highest BCUT2D eigenvalue weighted by molar-refractivity contribution is 5.97. The van der Waals surface area contributed by atoms with Gasteiger partial charge in [0.15, 0.2) is 5.78 Å². The Labute approximate surface area is 163 Å². The number of nitrogens with one attached hydrogen (secondary N) is 1. The smallest absolute Gasteiger partial charge is 0.226 e. The van der Waals surface area contributed by atoms with Crippen molar-refractivity contribution in [2.75, 3.05) is 5.32 Å². The lowest BCUT2D eigenvalue weighted by molar-refractivity contribution is -0.118. The zero-order valence-corrected chi connectivity index (χ0v) is 16.2. The van der Waals surface area contributed by atoms with Crippen molar-refractivity contribution in [1.82, 2.24) is 20.2 Å². The zero-order valence-electron chi connectivity index (χ0n) is 16.2. The summed E-state index contributed by atoms with van der Waals surface area (Å²) in [4.78, 5) is 25.5. The van der Waals surface area contributed by atoms with Gasteiger partial charge in [-0.15, -0.1) is 10.2 Å². The Morgan fingerprint density at radius 3 is 2.32 bits per heavy atom. The van der Waals surface area contributed by atoms with Crippen LogP contribution in [0.25, 0.3) is 11.4 Å². The summed E-state index contributed by atoms with van der Waals surface area (Å²) in [6.07, 6.45) is 0.967. The fraction of sp³-hybridized carbons (Fsp3) is 0.286. The number of hydrogen-bond donors (Lipinski definition) is 1. The fourth-order valence-electron chi connectivity index (χ4n) is 2.56. The molecule has 0 bridgehead atoms. The number of anilines is 1. The predicted molar refractivity (Wildman–Crippen MR) is 107 cm³/mol. The van der Waals surface area contributed by atoms with Gasteiger partial charge in [-0.2, -0.15) is 4.80 Å². The van der Waals surface area contributed by atoms with Crippen molar-refractivity contribution in [2.45, 2.75) is 33.7 Å². The molecule has 3 aromatic rings. The van der Waals surface area contributed by atoms with Gasteiger partial charge in [0.2, 0.25) is 11.7 Å². The molecule has 3 rings (SSSR count). The maximum Gasteiger partial charge on any atom is 0.226 e. The van der Waals surface area contributed by atoms with Crippen LogP contribution in [-0.4, -0.2) is 31.9 Å². The molecule has 0 aliphatic heterocycles. The molecule has 0 fully saturated rings. The fourth-order valence-corrected chi connectivity index (χ4v) is 2.56. The van der Waals surface area contributed by atoms with Gasteiger partial charge in [-0.1, -0.05) is 45.0 Å². The molecule has 7 heteroatoms. The molecule has 0 saturated heterocycles. The molecule has 28 heavy (non-hydrogen) atoms. The van der Waals surface area contributed by atoms with Crippen LogP contribution in [0.15, 0.2) is 48.5 Å². The molecule has 0 atom stereocenters. The summed E-state index contributed by atoms with van der Waals surface area (Å²) in [6, 6.07) is 14.7. The van der Waals surface area contributed by atoms with Crippen molar-refractivity contribution in [3.05, 3.63) is 59.7 Å². The van der Waals surface area contributed by atoms with E-state index in [4.69, 9.17) is 0 Å². The number of aryl methyl sites for hydroxylation is 1. The van der Waals surface area contributed by atoms with Gasteiger partial charge in [0, 0.05) is 22.7 Å². The van der Waals surface area contributed by atoms with Crippen LogP contribution in [0.4, 0.5) is 5.69 Å². The minimum Gasteiger partial charge on any atom is -0.326 e. The lowest BCUT2D eigenvalue weighted by Gasteiger charge is -2.08. The largest absolute Gasteiger partial charge is 0.326 e. The van der Waals surface area contributed by atoms with Crippen LogP contribution in [-0.2, 0) is 17.8 Å². The average molecular weight is 377 g/mol. The van der Waals surface area contributed by atoms with Crippen molar-refractivity contribution in [2.24, 2.45) is 5.92 Å². The van der Waals surface area contributed by atoms with E-state index >= 15 is 0 Å². The molecule has 0 aliphatic rings. The average Bonchev–Trinajstić information content (AvgIpc) is 3.17. The summed E-state index contributed by atoms with van der Waals surface area (Å²) in [5.41, 5.74) is 3.28. The highest BCUT2D eigenvalue weighted by Crippen LogP contribution is 2.15. The highest BCUT2D eigenvalue weighted by atomic mass is 16.2. The minimum absolute atomic E-state index is 0.00224. The van der Waals surface area contributed by atoms with Crippen molar-refractivity contribution in [1.29, 1.82) is 0 Å². The molecule has 1 N–H and O–H groups in total. The molecular formula is C21H23N5O2. The number of ketones is 1. The number of benzene rings is 2. The summed E-state index contributed by atoms with van der Waals surface area (Å²) in [7, 11) is 0. The molecular weight excluding hydrogens is 354 g/mol. The number of Topliss-reactive ketones (excluding diaryl/α,β-unsaturated/α-hetero) is 1. The van der Waals surface area contributed by atoms with Crippen LogP contribution in [0.5, 0.6) is 0 Å². The lowest BCUT2D eigenvalue weighted by atomic mass is 10.1. The maximum atomic E-state index is 12.5.